The van der Waals surface area contributed by atoms with E-state index in [0.717, 1.165) is 59.6 Å². The topological polar surface area (TPSA) is 70.2 Å². The third kappa shape index (κ3) is 4.16. The second kappa shape index (κ2) is 7.70. The molecule has 0 radical (unpaired) electrons. The quantitative estimate of drug-likeness (QED) is 0.688. The first-order valence-electron chi connectivity index (χ1n) is 10.4. The fourth-order valence-corrected chi connectivity index (χ4v) is 3.78. The number of aromatic nitrogens is 2. The van der Waals surface area contributed by atoms with Crippen LogP contribution in [0.3, 0.4) is 0 Å². The standard InChI is InChI=1S/C23H25N5O/c29-23(26-19-9-10-19)25-18-7-4-16(5-8-18)17-6-11-20-21(14-17)27-22(15-24-20)28-12-2-1-3-13-28/h4-8,11,14-15,19H,1-3,9-10,12-13H2,(H2,25,26,29). The summed E-state index contributed by atoms with van der Waals surface area (Å²) in [5, 5.41) is 5.82. The predicted octanol–water partition coefficient (Wildman–Crippen LogP) is 4.57. The number of piperidine rings is 1. The van der Waals surface area contributed by atoms with Gasteiger partial charge in [0.05, 0.1) is 17.2 Å². The van der Waals surface area contributed by atoms with Gasteiger partial charge in [0.1, 0.15) is 5.82 Å². The monoisotopic (exact) mass is 387 g/mol. The van der Waals surface area contributed by atoms with Crippen molar-refractivity contribution in [3.63, 3.8) is 0 Å². The van der Waals surface area contributed by atoms with Gasteiger partial charge in [0.2, 0.25) is 0 Å². The number of amides is 2. The van der Waals surface area contributed by atoms with Crippen molar-refractivity contribution in [1.82, 2.24) is 15.3 Å². The lowest BCUT2D eigenvalue weighted by Crippen LogP contribution is -2.30. The number of rotatable bonds is 4. The molecule has 1 saturated carbocycles. The van der Waals surface area contributed by atoms with E-state index in [1.54, 1.807) is 0 Å². The number of benzene rings is 2. The minimum absolute atomic E-state index is 0.133. The van der Waals surface area contributed by atoms with Crippen LogP contribution < -0.4 is 15.5 Å². The van der Waals surface area contributed by atoms with Crippen molar-refractivity contribution < 1.29 is 4.79 Å². The lowest BCUT2D eigenvalue weighted by atomic mass is 10.0. The molecular weight excluding hydrogens is 362 g/mol. The van der Waals surface area contributed by atoms with Gasteiger partial charge in [-0.2, -0.15) is 0 Å². The summed E-state index contributed by atoms with van der Waals surface area (Å²) in [7, 11) is 0. The van der Waals surface area contributed by atoms with Crippen molar-refractivity contribution in [3.8, 4) is 11.1 Å². The van der Waals surface area contributed by atoms with Crippen molar-refractivity contribution in [2.45, 2.75) is 38.1 Å². The number of anilines is 2. The molecule has 1 saturated heterocycles. The molecule has 148 valence electrons. The van der Waals surface area contributed by atoms with E-state index in [2.05, 4.69) is 32.7 Å². The van der Waals surface area contributed by atoms with Crippen LogP contribution in [0.5, 0.6) is 0 Å². The molecule has 0 spiro atoms. The fourth-order valence-electron chi connectivity index (χ4n) is 3.78. The molecule has 1 aromatic heterocycles. The largest absolute Gasteiger partial charge is 0.355 e. The number of urea groups is 1. The molecule has 2 N–H and O–H groups in total. The van der Waals surface area contributed by atoms with Crippen LogP contribution in [0.15, 0.2) is 48.7 Å². The first-order chi connectivity index (χ1) is 14.2. The van der Waals surface area contributed by atoms with Crippen molar-refractivity contribution in [3.05, 3.63) is 48.7 Å². The number of carbonyl (C=O) groups excluding carboxylic acids is 1. The first-order valence-corrected chi connectivity index (χ1v) is 10.4. The molecule has 2 heterocycles. The molecule has 6 nitrogen and oxygen atoms in total. The van der Waals surface area contributed by atoms with E-state index in [0.29, 0.717) is 6.04 Å². The van der Waals surface area contributed by atoms with Crippen LogP contribution in [0, 0.1) is 0 Å². The van der Waals surface area contributed by atoms with E-state index in [9.17, 15) is 4.79 Å². The minimum atomic E-state index is -0.133. The maximum absolute atomic E-state index is 11.9. The second-order valence-corrected chi connectivity index (χ2v) is 7.93. The Labute approximate surface area is 170 Å². The van der Waals surface area contributed by atoms with Crippen LogP contribution in [0.2, 0.25) is 0 Å². The molecule has 2 amide bonds. The summed E-state index contributed by atoms with van der Waals surface area (Å²) in [6.07, 6.45) is 7.79. The van der Waals surface area contributed by atoms with Gasteiger partial charge in [0.15, 0.2) is 0 Å². The van der Waals surface area contributed by atoms with E-state index in [-0.39, 0.29) is 6.03 Å². The Morgan fingerprint density at radius 1 is 0.931 bits per heavy atom. The zero-order chi connectivity index (χ0) is 19.6. The number of hydrogen-bond acceptors (Lipinski definition) is 4. The van der Waals surface area contributed by atoms with Gasteiger partial charge < -0.3 is 15.5 Å². The number of carbonyl (C=O) groups is 1. The first kappa shape index (κ1) is 17.9. The van der Waals surface area contributed by atoms with Crippen LogP contribution in [-0.2, 0) is 0 Å². The van der Waals surface area contributed by atoms with Gasteiger partial charge in [-0.15, -0.1) is 0 Å². The molecule has 6 heteroatoms. The second-order valence-electron chi connectivity index (χ2n) is 7.93. The summed E-state index contributed by atoms with van der Waals surface area (Å²) < 4.78 is 0. The highest BCUT2D eigenvalue weighted by Gasteiger charge is 2.23. The molecule has 1 aliphatic heterocycles. The van der Waals surface area contributed by atoms with Gasteiger partial charge in [-0.25, -0.2) is 9.78 Å². The summed E-state index contributed by atoms with van der Waals surface area (Å²) in [5.41, 5.74) is 4.79. The maximum atomic E-state index is 11.9. The van der Waals surface area contributed by atoms with Crippen LogP contribution >= 0.6 is 0 Å². The highest BCUT2D eigenvalue weighted by molar-refractivity contribution is 5.90. The highest BCUT2D eigenvalue weighted by atomic mass is 16.2. The van der Waals surface area contributed by atoms with Crippen LogP contribution in [0.25, 0.3) is 22.2 Å². The molecule has 5 rings (SSSR count). The summed E-state index contributed by atoms with van der Waals surface area (Å²) >= 11 is 0. The van der Waals surface area contributed by atoms with E-state index in [4.69, 9.17) is 4.98 Å². The molecule has 0 atom stereocenters. The Morgan fingerprint density at radius 2 is 1.69 bits per heavy atom. The van der Waals surface area contributed by atoms with Crippen molar-refractivity contribution in [2.24, 2.45) is 0 Å². The third-order valence-electron chi connectivity index (χ3n) is 5.60. The van der Waals surface area contributed by atoms with Crippen LogP contribution in [0.4, 0.5) is 16.3 Å². The zero-order valence-corrected chi connectivity index (χ0v) is 16.4. The van der Waals surface area contributed by atoms with Gasteiger partial charge in [-0.3, -0.25) is 4.98 Å². The Morgan fingerprint density at radius 3 is 2.45 bits per heavy atom. The smallest absolute Gasteiger partial charge is 0.319 e. The highest BCUT2D eigenvalue weighted by Crippen LogP contribution is 2.26. The summed E-state index contributed by atoms with van der Waals surface area (Å²) in [4.78, 5) is 23.7. The van der Waals surface area contributed by atoms with Crippen LogP contribution in [-0.4, -0.2) is 35.1 Å². The fraction of sp³-hybridized carbons (Fsp3) is 0.348. The molecule has 0 bridgehead atoms. The predicted molar refractivity (Wildman–Crippen MR) is 116 cm³/mol. The average molecular weight is 387 g/mol. The molecule has 0 unspecified atom stereocenters. The van der Waals surface area contributed by atoms with Crippen molar-refractivity contribution >= 4 is 28.6 Å². The summed E-state index contributed by atoms with van der Waals surface area (Å²) in [5.74, 6) is 0.968. The van der Waals surface area contributed by atoms with Gasteiger partial charge in [0.25, 0.3) is 0 Å². The minimum Gasteiger partial charge on any atom is -0.355 e. The maximum Gasteiger partial charge on any atom is 0.319 e. The molecule has 2 fully saturated rings. The molecule has 2 aliphatic rings. The summed E-state index contributed by atoms with van der Waals surface area (Å²) in [6.45, 7) is 2.12. The average Bonchev–Trinajstić information content (AvgIpc) is 3.58. The molecular formula is C23H25N5O. The third-order valence-corrected chi connectivity index (χ3v) is 5.60. The molecule has 2 aromatic carbocycles. The van der Waals surface area contributed by atoms with Crippen molar-refractivity contribution in [2.75, 3.05) is 23.3 Å². The number of nitrogens with one attached hydrogen (secondary N) is 2. The Kier molecular flexibility index (Phi) is 4.76. The van der Waals surface area contributed by atoms with Crippen molar-refractivity contribution in [1.29, 1.82) is 0 Å². The molecule has 29 heavy (non-hydrogen) atoms. The van der Waals surface area contributed by atoms with Gasteiger partial charge >= 0.3 is 6.03 Å². The number of hydrogen-bond donors (Lipinski definition) is 2. The SMILES string of the molecule is O=C(Nc1ccc(-c2ccc3ncc(N4CCCCC4)nc3c2)cc1)NC1CC1. The number of fused-ring (bicyclic) bond motifs is 1. The summed E-state index contributed by atoms with van der Waals surface area (Å²) in [6, 6.07) is 14.3. The van der Waals surface area contributed by atoms with Gasteiger partial charge in [0, 0.05) is 24.8 Å². The molecule has 3 aromatic rings. The van der Waals surface area contributed by atoms with Gasteiger partial charge in [-0.05, 0) is 67.5 Å². The van der Waals surface area contributed by atoms with E-state index in [1.165, 1.54) is 19.3 Å². The Bertz CT molecular complexity index is 1020. The lowest BCUT2D eigenvalue weighted by molar-refractivity contribution is 0.251. The lowest BCUT2D eigenvalue weighted by Gasteiger charge is -2.27. The normalized spacial score (nSPS) is 16.6. The van der Waals surface area contributed by atoms with E-state index < -0.39 is 0 Å². The van der Waals surface area contributed by atoms with E-state index >= 15 is 0 Å². The van der Waals surface area contributed by atoms with Crippen LogP contribution in [0.1, 0.15) is 32.1 Å². The Balaban J connectivity index is 1.35. The van der Waals surface area contributed by atoms with E-state index in [1.807, 2.05) is 36.5 Å². The zero-order valence-electron chi connectivity index (χ0n) is 16.4. The number of nitrogens with zero attached hydrogens (tertiary/aromatic N) is 3. The Hall–Kier alpha value is -3.15. The molecule has 1 aliphatic carbocycles. The van der Waals surface area contributed by atoms with Gasteiger partial charge in [-0.1, -0.05) is 18.2 Å².